The number of alkyl halides is 6. The molecule has 0 radical (unpaired) electrons. The third-order valence-corrected chi connectivity index (χ3v) is 5.94. The van der Waals surface area contributed by atoms with Crippen molar-refractivity contribution in [2.24, 2.45) is 0 Å². The highest BCUT2D eigenvalue weighted by atomic mass is 19.4. The molecule has 0 aliphatic carbocycles. The minimum atomic E-state index is -4.78. The fraction of sp³-hybridized carbons (Fsp3) is 0.391. The van der Waals surface area contributed by atoms with Gasteiger partial charge in [-0.3, -0.25) is 4.79 Å². The van der Waals surface area contributed by atoms with Gasteiger partial charge in [-0.25, -0.2) is 9.89 Å². The Kier molecular flexibility index (Phi) is 6.54. The molecule has 15 heteroatoms. The fourth-order valence-corrected chi connectivity index (χ4v) is 4.48. The molecule has 3 aromatic rings. The number of nitriles is 1. The summed E-state index contributed by atoms with van der Waals surface area (Å²) in [5.74, 6) is -1.97. The molecular formula is C23H19F6N5O4. The van der Waals surface area contributed by atoms with E-state index in [0.717, 1.165) is 13.0 Å². The number of hydrogen-bond donors (Lipinski definition) is 2. The Morgan fingerprint density at radius 1 is 1.21 bits per heavy atom. The summed E-state index contributed by atoms with van der Waals surface area (Å²) in [6.07, 6.45) is -12.3. The normalized spacial score (nSPS) is 14.7. The van der Waals surface area contributed by atoms with Crippen LogP contribution in [0.3, 0.4) is 0 Å². The molecule has 0 fully saturated rings. The van der Waals surface area contributed by atoms with Gasteiger partial charge >= 0.3 is 18.1 Å². The molecule has 3 heterocycles. The predicted octanol–water partition coefficient (Wildman–Crippen LogP) is 4.13. The molecule has 1 atom stereocenters. The van der Waals surface area contributed by atoms with E-state index in [4.69, 9.17) is 9.15 Å². The largest absolute Gasteiger partial charge is 0.496 e. The second-order valence-electron chi connectivity index (χ2n) is 8.91. The number of rotatable bonds is 6. The number of ether oxygens (including phenoxy) is 1. The second kappa shape index (κ2) is 9.26. The lowest BCUT2D eigenvalue weighted by molar-refractivity contribution is -0.143. The molecule has 4 rings (SSSR count). The van der Waals surface area contributed by atoms with Gasteiger partial charge in [0.05, 0.1) is 37.3 Å². The Balaban J connectivity index is 1.86. The predicted molar refractivity (Wildman–Crippen MR) is 118 cm³/mol. The first-order valence-corrected chi connectivity index (χ1v) is 11.0. The Morgan fingerprint density at radius 3 is 2.47 bits per heavy atom. The molecule has 1 aliphatic rings. The maximum absolute atomic E-state index is 13.5. The number of carbonyl (C=O) groups excluding carboxylic acids is 1. The van der Waals surface area contributed by atoms with Crippen LogP contribution in [-0.2, 0) is 19.4 Å². The number of nitrogens with one attached hydrogen (secondary N) is 2. The van der Waals surface area contributed by atoms with Crippen LogP contribution in [0.25, 0.3) is 22.7 Å². The average molecular weight is 543 g/mol. The lowest BCUT2D eigenvalue weighted by atomic mass is 9.93. The van der Waals surface area contributed by atoms with Gasteiger partial charge in [0.1, 0.15) is 17.0 Å². The molecule has 0 saturated carbocycles. The van der Waals surface area contributed by atoms with E-state index in [-0.39, 0.29) is 52.7 Å². The van der Waals surface area contributed by atoms with Crippen LogP contribution in [0, 0.1) is 11.3 Å². The summed E-state index contributed by atoms with van der Waals surface area (Å²) < 4.78 is 91.1. The Labute approximate surface area is 210 Å². The van der Waals surface area contributed by atoms with Gasteiger partial charge < -0.3 is 19.0 Å². The van der Waals surface area contributed by atoms with E-state index in [1.165, 1.54) is 23.8 Å². The van der Waals surface area contributed by atoms with E-state index in [2.05, 4.69) is 10.2 Å². The van der Waals surface area contributed by atoms with Crippen molar-refractivity contribution in [1.29, 1.82) is 5.26 Å². The number of hydrogen-bond acceptors (Lipinski definition) is 6. The van der Waals surface area contributed by atoms with Crippen molar-refractivity contribution in [2.45, 2.75) is 50.6 Å². The lowest BCUT2D eigenvalue weighted by Crippen LogP contribution is -2.48. The summed E-state index contributed by atoms with van der Waals surface area (Å²) in [6, 6.07) is 5.32. The molecule has 9 nitrogen and oxygen atoms in total. The van der Waals surface area contributed by atoms with Crippen molar-refractivity contribution in [3.63, 3.8) is 0 Å². The summed E-state index contributed by atoms with van der Waals surface area (Å²) in [7, 11) is 1.34. The maximum atomic E-state index is 13.5. The van der Waals surface area contributed by atoms with Gasteiger partial charge in [-0.1, -0.05) is 0 Å². The highest BCUT2D eigenvalue weighted by Gasteiger charge is 2.42. The molecule has 1 aromatic carbocycles. The van der Waals surface area contributed by atoms with Crippen LogP contribution in [0.15, 0.2) is 27.4 Å². The number of nitrogens with zero attached hydrogens (tertiary/aromatic N) is 3. The molecule has 1 amide bonds. The SMILES string of the molecule is COc1cc2c(cc1-c1n[nH]c(=O)o1)-c1c(CC(F)(F)F)cc(C(=O)N[C@](C)(C#N)CC(F)(F)F)n1CC2. The van der Waals surface area contributed by atoms with Gasteiger partial charge in [0, 0.05) is 12.1 Å². The minimum absolute atomic E-state index is 0.00462. The number of aryl methyl sites for hydroxylation is 1. The van der Waals surface area contributed by atoms with E-state index < -0.39 is 42.4 Å². The van der Waals surface area contributed by atoms with Crippen molar-refractivity contribution < 1.29 is 40.3 Å². The number of aromatic nitrogens is 3. The molecule has 1 aliphatic heterocycles. The van der Waals surface area contributed by atoms with Gasteiger partial charge in [-0.15, -0.1) is 5.10 Å². The zero-order chi connectivity index (χ0) is 28.0. The number of methoxy groups -OCH3 is 1. The zero-order valence-corrected chi connectivity index (χ0v) is 19.8. The van der Waals surface area contributed by atoms with Crippen LogP contribution >= 0.6 is 0 Å². The molecule has 2 N–H and O–H groups in total. The van der Waals surface area contributed by atoms with Crippen LogP contribution in [0.5, 0.6) is 5.75 Å². The highest BCUT2D eigenvalue weighted by Crippen LogP contribution is 2.42. The Hall–Kier alpha value is -4.22. The smallest absolute Gasteiger partial charge is 0.434 e. The molecule has 0 unspecified atom stereocenters. The molecule has 0 bridgehead atoms. The molecular weight excluding hydrogens is 524 g/mol. The van der Waals surface area contributed by atoms with E-state index in [9.17, 15) is 41.2 Å². The average Bonchev–Trinajstić information content (AvgIpc) is 3.39. The Morgan fingerprint density at radius 2 is 1.92 bits per heavy atom. The van der Waals surface area contributed by atoms with E-state index in [0.29, 0.717) is 5.56 Å². The number of benzene rings is 1. The third kappa shape index (κ3) is 5.38. The van der Waals surface area contributed by atoms with E-state index in [1.807, 2.05) is 5.32 Å². The van der Waals surface area contributed by atoms with Crippen LogP contribution in [0.2, 0.25) is 0 Å². The third-order valence-electron chi connectivity index (χ3n) is 5.94. The van der Waals surface area contributed by atoms with Crippen molar-refractivity contribution in [3.8, 4) is 34.5 Å². The van der Waals surface area contributed by atoms with Gasteiger partial charge in [-0.05, 0) is 42.7 Å². The van der Waals surface area contributed by atoms with Crippen LogP contribution < -0.4 is 15.8 Å². The van der Waals surface area contributed by atoms with Crippen molar-refractivity contribution in [3.05, 3.63) is 45.6 Å². The van der Waals surface area contributed by atoms with Gasteiger partial charge in [-0.2, -0.15) is 31.6 Å². The molecule has 38 heavy (non-hydrogen) atoms. The first-order valence-electron chi connectivity index (χ1n) is 11.0. The standard InChI is InChI=1S/C23H19F6N5O4/c1-21(10-30,9-23(27,28)29)31-18(35)15-5-12(8-22(24,25)26)17-13-7-14(19-32-33-20(36)38-19)16(37-2)6-11(13)3-4-34(15)17/h5-7H,3-4,8-9H2,1-2H3,(H,31,35)(H,33,36)/t21-/m0/s1. The first-order chi connectivity index (χ1) is 17.6. The van der Waals surface area contributed by atoms with Crippen LogP contribution in [-0.4, -0.2) is 45.7 Å². The Bertz CT molecular complexity index is 1490. The topological polar surface area (TPSA) is 126 Å². The van der Waals surface area contributed by atoms with Crippen LogP contribution in [0.1, 0.15) is 35.0 Å². The summed E-state index contributed by atoms with van der Waals surface area (Å²) in [5.41, 5.74) is -2.03. The lowest BCUT2D eigenvalue weighted by Gasteiger charge is -2.26. The summed E-state index contributed by atoms with van der Waals surface area (Å²) in [4.78, 5) is 24.5. The summed E-state index contributed by atoms with van der Waals surface area (Å²) in [6.45, 7) is 0.895. The number of aromatic amines is 1. The molecule has 2 aromatic heterocycles. The number of H-pyrrole nitrogens is 1. The van der Waals surface area contributed by atoms with Crippen LogP contribution in [0.4, 0.5) is 26.3 Å². The van der Waals surface area contributed by atoms with Crippen molar-refractivity contribution >= 4 is 5.91 Å². The fourth-order valence-electron chi connectivity index (χ4n) is 4.48. The summed E-state index contributed by atoms with van der Waals surface area (Å²) >= 11 is 0. The van der Waals surface area contributed by atoms with Crippen molar-refractivity contribution in [2.75, 3.05) is 7.11 Å². The van der Waals surface area contributed by atoms with Crippen molar-refractivity contribution in [1.82, 2.24) is 20.1 Å². The van der Waals surface area contributed by atoms with E-state index in [1.54, 1.807) is 6.07 Å². The first kappa shape index (κ1) is 26.8. The summed E-state index contributed by atoms with van der Waals surface area (Å²) in [5, 5.41) is 17.1. The highest BCUT2D eigenvalue weighted by molar-refractivity contribution is 5.96. The van der Waals surface area contributed by atoms with Gasteiger partial charge in [0.2, 0.25) is 0 Å². The number of fused-ring (bicyclic) bond motifs is 3. The molecule has 0 spiro atoms. The number of halogens is 6. The maximum Gasteiger partial charge on any atom is 0.434 e. The second-order valence-corrected chi connectivity index (χ2v) is 8.91. The number of carbonyl (C=O) groups is 1. The molecule has 0 saturated heterocycles. The monoisotopic (exact) mass is 543 g/mol. The zero-order valence-electron chi connectivity index (χ0n) is 19.8. The quantitative estimate of drug-likeness (QED) is 0.451. The van der Waals surface area contributed by atoms with Gasteiger partial charge in [0.25, 0.3) is 11.8 Å². The van der Waals surface area contributed by atoms with Gasteiger partial charge in [0.15, 0.2) is 0 Å². The minimum Gasteiger partial charge on any atom is -0.496 e. The number of amides is 1. The van der Waals surface area contributed by atoms with E-state index >= 15 is 0 Å². The molecule has 202 valence electrons.